The zero-order chi connectivity index (χ0) is 24.3. The van der Waals surface area contributed by atoms with Crippen LogP contribution in [0.2, 0.25) is 0 Å². The van der Waals surface area contributed by atoms with E-state index in [0.29, 0.717) is 12.2 Å². The van der Waals surface area contributed by atoms with E-state index >= 15 is 0 Å². The molecule has 194 valence electrons. The first-order valence-electron chi connectivity index (χ1n) is 14.1. The van der Waals surface area contributed by atoms with Crippen LogP contribution in [0.15, 0.2) is 18.3 Å². The average Bonchev–Trinajstić information content (AvgIpc) is 2.87. The van der Waals surface area contributed by atoms with Crippen LogP contribution in [0.3, 0.4) is 0 Å². The van der Waals surface area contributed by atoms with E-state index in [2.05, 4.69) is 27.0 Å². The molecule has 1 aliphatic rings. The number of nitrogens with one attached hydrogen (secondary N) is 1. The Morgan fingerprint density at radius 3 is 1.91 bits per heavy atom. The normalized spacial score (nSPS) is 14.5. The average molecular weight is 475 g/mol. The predicted octanol–water partition coefficient (Wildman–Crippen LogP) is 5.41. The van der Waals surface area contributed by atoms with Crippen molar-refractivity contribution in [2.75, 3.05) is 50.8 Å². The van der Waals surface area contributed by atoms with Gasteiger partial charge < -0.3 is 15.3 Å². The molecule has 1 aliphatic heterocycles. The van der Waals surface area contributed by atoms with Crippen molar-refractivity contribution in [1.82, 2.24) is 15.2 Å². The lowest BCUT2D eigenvalue weighted by molar-refractivity contribution is 0.0952. The zero-order valence-electron chi connectivity index (χ0n) is 21.8. The monoisotopic (exact) mass is 474 g/mol. The molecule has 0 aliphatic carbocycles. The van der Waals surface area contributed by atoms with Gasteiger partial charge in [-0.25, -0.2) is 4.98 Å². The van der Waals surface area contributed by atoms with Crippen molar-refractivity contribution >= 4 is 11.7 Å². The molecule has 0 saturated carbocycles. The highest BCUT2D eigenvalue weighted by atomic mass is 16.2. The lowest BCUT2D eigenvalue weighted by atomic mass is 10.0. The molecule has 34 heavy (non-hydrogen) atoms. The number of unbranched alkanes of at least 4 members (excludes halogenated alkanes) is 12. The summed E-state index contributed by atoms with van der Waals surface area (Å²) in [6.07, 6.45) is 19.2. The maximum atomic E-state index is 12.4. The molecule has 0 unspecified atom stereocenters. The molecule has 0 atom stereocenters. The Balaban J connectivity index is 1.44. The number of aliphatic hydroxyl groups excluding tert-OH is 1. The molecular formula is C28H50N4O2. The number of anilines is 1. The zero-order valence-corrected chi connectivity index (χ0v) is 21.8. The van der Waals surface area contributed by atoms with Gasteiger partial charge in [-0.3, -0.25) is 9.69 Å². The Hall–Kier alpha value is -1.66. The fourth-order valence-corrected chi connectivity index (χ4v) is 4.71. The van der Waals surface area contributed by atoms with Gasteiger partial charge in [-0.15, -0.1) is 0 Å². The summed E-state index contributed by atoms with van der Waals surface area (Å²) in [4.78, 5) is 21.8. The Morgan fingerprint density at radius 1 is 0.853 bits per heavy atom. The summed E-state index contributed by atoms with van der Waals surface area (Å²) < 4.78 is 0. The number of nitrogens with zero attached hydrogens (tertiary/aromatic N) is 3. The number of piperazine rings is 1. The lowest BCUT2D eigenvalue weighted by Gasteiger charge is -2.35. The molecular weight excluding hydrogens is 424 g/mol. The van der Waals surface area contributed by atoms with Gasteiger partial charge >= 0.3 is 0 Å². The van der Waals surface area contributed by atoms with Crippen LogP contribution >= 0.6 is 0 Å². The smallest absolute Gasteiger partial charge is 0.252 e. The van der Waals surface area contributed by atoms with Gasteiger partial charge in [0.15, 0.2) is 0 Å². The fourth-order valence-electron chi connectivity index (χ4n) is 4.71. The summed E-state index contributed by atoms with van der Waals surface area (Å²) in [7, 11) is 0. The first-order valence-corrected chi connectivity index (χ1v) is 14.1. The largest absolute Gasteiger partial charge is 0.396 e. The molecule has 0 spiro atoms. The first-order chi connectivity index (χ1) is 16.7. The molecule has 0 bridgehead atoms. The van der Waals surface area contributed by atoms with Gasteiger partial charge in [0.2, 0.25) is 0 Å². The van der Waals surface area contributed by atoms with E-state index in [0.717, 1.165) is 51.4 Å². The molecule has 0 aromatic carbocycles. The summed E-state index contributed by atoms with van der Waals surface area (Å²) >= 11 is 0. The number of hydrogen-bond acceptors (Lipinski definition) is 5. The number of pyridine rings is 1. The molecule has 2 rings (SSSR count). The van der Waals surface area contributed by atoms with Crippen molar-refractivity contribution in [1.29, 1.82) is 0 Å². The molecule has 1 amide bonds. The summed E-state index contributed by atoms with van der Waals surface area (Å²) in [5.41, 5.74) is 0.654. The van der Waals surface area contributed by atoms with E-state index in [9.17, 15) is 4.79 Å². The number of amides is 1. The highest BCUT2D eigenvalue weighted by molar-refractivity contribution is 5.94. The number of carbonyl (C=O) groups is 1. The Labute approximate surface area is 208 Å². The number of rotatable bonds is 19. The van der Waals surface area contributed by atoms with Gasteiger partial charge in [0, 0.05) is 45.5 Å². The van der Waals surface area contributed by atoms with Crippen LogP contribution in [0.25, 0.3) is 0 Å². The SMILES string of the molecule is CCCN1CCN(c2ccc(C(=O)NCCCCCCCCCCCCCCCO)cn2)CC1. The second kappa shape index (κ2) is 18.6. The maximum absolute atomic E-state index is 12.4. The molecule has 2 N–H and O–H groups in total. The highest BCUT2D eigenvalue weighted by Crippen LogP contribution is 2.15. The van der Waals surface area contributed by atoms with Gasteiger partial charge in [-0.1, -0.05) is 77.6 Å². The lowest BCUT2D eigenvalue weighted by Crippen LogP contribution is -2.46. The molecule has 6 nitrogen and oxygen atoms in total. The minimum Gasteiger partial charge on any atom is -0.396 e. The summed E-state index contributed by atoms with van der Waals surface area (Å²) in [5, 5.41) is 11.8. The first kappa shape index (κ1) is 28.6. The van der Waals surface area contributed by atoms with Crippen LogP contribution < -0.4 is 10.2 Å². The molecule has 0 radical (unpaired) electrons. The minimum absolute atomic E-state index is 0.0109. The Kier molecular flexibility index (Phi) is 15.7. The fraction of sp³-hybridized carbons (Fsp3) is 0.786. The van der Waals surface area contributed by atoms with Gasteiger partial charge in [0.1, 0.15) is 5.82 Å². The summed E-state index contributed by atoms with van der Waals surface area (Å²) in [5.74, 6) is 0.967. The van der Waals surface area contributed by atoms with E-state index in [4.69, 9.17) is 5.11 Å². The molecule has 1 aromatic heterocycles. The van der Waals surface area contributed by atoms with Crippen LogP contribution in [-0.2, 0) is 0 Å². The summed E-state index contributed by atoms with van der Waals surface area (Å²) in [6, 6.07) is 3.90. The summed E-state index contributed by atoms with van der Waals surface area (Å²) in [6.45, 7) is 8.68. The third-order valence-electron chi connectivity index (χ3n) is 6.87. The van der Waals surface area contributed by atoms with E-state index in [-0.39, 0.29) is 5.91 Å². The van der Waals surface area contributed by atoms with E-state index in [1.54, 1.807) is 6.20 Å². The molecule has 2 heterocycles. The third kappa shape index (κ3) is 12.2. The quantitative estimate of drug-likeness (QED) is 0.263. The standard InChI is InChI=1S/C28H50N4O2/c1-2-19-31-20-22-32(23-21-31)27-17-16-26(25-30-27)28(34)29-18-14-12-10-8-6-4-3-5-7-9-11-13-15-24-33/h16-17,25,33H,2-15,18-24H2,1H3,(H,29,34). The van der Waals surface area contributed by atoms with Crippen molar-refractivity contribution in [3.63, 3.8) is 0 Å². The van der Waals surface area contributed by atoms with Gasteiger partial charge in [0.05, 0.1) is 5.56 Å². The van der Waals surface area contributed by atoms with Crippen LogP contribution in [0, 0.1) is 0 Å². The maximum Gasteiger partial charge on any atom is 0.252 e. The van der Waals surface area contributed by atoms with Crippen LogP contribution in [0.5, 0.6) is 0 Å². The minimum atomic E-state index is -0.0109. The Morgan fingerprint density at radius 2 is 1.41 bits per heavy atom. The molecule has 6 heteroatoms. The van der Waals surface area contributed by atoms with Gasteiger partial charge in [-0.2, -0.15) is 0 Å². The van der Waals surface area contributed by atoms with Crippen molar-refractivity contribution in [2.24, 2.45) is 0 Å². The number of hydrogen-bond donors (Lipinski definition) is 2. The van der Waals surface area contributed by atoms with Crippen molar-refractivity contribution < 1.29 is 9.90 Å². The van der Waals surface area contributed by atoms with Gasteiger partial charge in [0.25, 0.3) is 5.91 Å². The van der Waals surface area contributed by atoms with Crippen LogP contribution in [0.1, 0.15) is 107 Å². The van der Waals surface area contributed by atoms with E-state index in [1.165, 1.54) is 83.6 Å². The van der Waals surface area contributed by atoms with Gasteiger partial charge in [-0.05, 0) is 37.9 Å². The molecule has 1 aromatic rings. The van der Waals surface area contributed by atoms with E-state index in [1.807, 2.05) is 12.1 Å². The number of carbonyl (C=O) groups excluding carboxylic acids is 1. The topological polar surface area (TPSA) is 68.7 Å². The molecule has 1 saturated heterocycles. The highest BCUT2D eigenvalue weighted by Gasteiger charge is 2.17. The number of aromatic nitrogens is 1. The van der Waals surface area contributed by atoms with Crippen molar-refractivity contribution in [3.05, 3.63) is 23.9 Å². The Bertz CT molecular complexity index is 630. The van der Waals surface area contributed by atoms with Crippen LogP contribution in [0.4, 0.5) is 5.82 Å². The molecule has 1 fully saturated rings. The van der Waals surface area contributed by atoms with E-state index < -0.39 is 0 Å². The van der Waals surface area contributed by atoms with Crippen LogP contribution in [-0.4, -0.2) is 66.8 Å². The second-order valence-corrected chi connectivity index (χ2v) is 9.81. The predicted molar refractivity (Wildman–Crippen MR) is 143 cm³/mol. The third-order valence-corrected chi connectivity index (χ3v) is 6.87. The van der Waals surface area contributed by atoms with Crippen molar-refractivity contribution in [2.45, 2.75) is 96.8 Å². The van der Waals surface area contributed by atoms with Crippen molar-refractivity contribution in [3.8, 4) is 0 Å². The second-order valence-electron chi connectivity index (χ2n) is 9.81. The number of aliphatic hydroxyl groups is 1.